The van der Waals surface area contributed by atoms with E-state index < -0.39 is 17.7 Å². The Balaban J connectivity index is 1.37. The Morgan fingerprint density at radius 1 is 1.22 bits per heavy atom. The first kappa shape index (κ1) is 17.6. The van der Waals surface area contributed by atoms with Crippen molar-refractivity contribution in [1.82, 2.24) is 9.80 Å². The van der Waals surface area contributed by atoms with E-state index in [0.29, 0.717) is 44.6 Å². The van der Waals surface area contributed by atoms with Crippen molar-refractivity contribution < 1.29 is 29.0 Å². The summed E-state index contributed by atoms with van der Waals surface area (Å²) in [5.41, 5.74) is 1.10. The molecule has 8 heteroatoms. The minimum absolute atomic E-state index is 0.0217. The third-order valence-corrected chi connectivity index (χ3v) is 5.53. The lowest BCUT2D eigenvalue weighted by molar-refractivity contribution is -0.137. The Hall–Kier alpha value is -2.77. The molecule has 3 heterocycles. The fourth-order valence-electron chi connectivity index (χ4n) is 3.98. The van der Waals surface area contributed by atoms with Gasteiger partial charge in [-0.2, -0.15) is 0 Å². The van der Waals surface area contributed by atoms with Crippen molar-refractivity contribution in [3.05, 3.63) is 29.3 Å². The molecule has 144 valence electrons. The zero-order chi connectivity index (χ0) is 19.0. The highest BCUT2D eigenvalue weighted by Gasteiger charge is 2.47. The molecule has 3 aliphatic rings. The molecule has 8 nitrogen and oxygen atoms in total. The molecule has 2 saturated heterocycles. The molecule has 3 aliphatic heterocycles. The van der Waals surface area contributed by atoms with E-state index in [2.05, 4.69) is 0 Å². The molecule has 1 spiro atoms. The Morgan fingerprint density at radius 3 is 2.74 bits per heavy atom. The van der Waals surface area contributed by atoms with Crippen LogP contribution in [-0.2, 0) is 16.0 Å². The van der Waals surface area contributed by atoms with E-state index in [1.165, 1.54) is 4.90 Å². The quantitative estimate of drug-likeness (QED) is 0.858. The summed E-state index contributed by atoms with van der Waals surface area (Å²) in [6, 6.07) is 5.54. The summed E-state index contributed by atoms with van der Waals surface area (Å²) < 4.78 is 11.1. The number of carbonyl (C=O) groups excluding carboxylic acids is 2. The number of hydrogen-bond donors (Lipinski definition) is 1. The molecule has 0 saturated carbocycles. The smallest absolute Gasteiger partial charge is 0.410 e. The molecule has 1 aromatic carbocycles. The molecule has 1 N–H and O–H groups in total. The van der Waals surface area contributed by atoms with Gasteiger partial charge in [-0.05, 0) is 23.8 Å². The lowest BCUT2D eigenvalue weighted by atomic mass is 9.91. The third-order valence-electron chi connectivity index (χ3n) is 5.53. The first-order valence-corrected chi connectivity index (χ1v) is 9.20. The number of rotatable bonds is 4. The predicted octanol–water partition coefficient (Wildman–Crippen LogP) is 1.52. The normalized spacial score (nSPS) is 20.4. The van der Waals surface area contributed by atoms with Crippen molar-refractivity contribution in [3.8, 4) is 5.75 Å². The van der Waals surface area contributed by atoms with Gasteiger partial charge in [0.2, 0.25) is 0 Å². The van der Waals surface area contributed by atoms with Gasteiger partial charge in [0.25, 0.3) is 5.91 Å². The second kappa shape index (κ2) is 6.75. The maximum atomic E-state index is 12.8. The van der Waals surface area contributed by atoms with Gasteiger partial charge in [-0.3, -0.25) is 9.59 Å². The van der Waals surface area contributed by atoms with E-state index in [4.69, 9.17) is 14.6 Å². The summed E-state index contributed by atoms with van der Waals surface area (Å²) in [6.45, 7) is 2.20. The number of nitrogens with zero attached hydrogens (tertiary/aromatic N) is 2. The Bertz CT molecular complexity index is 784. The van der Waals surface area contributed by atoms with Crippen LogP contribution in [0.4, 0.5) is 4.79 Å². The van der Waals surface area contributed by atoms with Crippen LogP contribution >= 0.6 is 0 Å². The highest BCUT2D eigenvalue weighted by Crippen LogP contribution is 2.34. The molecule has 0 unspecified atom stereocenters. The van der Waals surface area contributed by atoms with Crippen LogP contribution in [0.15, 0.2) is 18.2 Å². The topological polar surface area (TPSA) is 96.4 Å². The molecule has 2 fully saturated rings. The second-order valence-electron chi connectivity index (χ2n) is 7.33. The number of piperidine rings is 1. The number of benzene rings is 1. The molecular weight excluding hydrogens is 352 g/mol. The molecule has 27 heavy (non-hydrogen) atoms. The lowest BCUT2D eigenvalue weighted by Crippen LogP contribution is -2.48. The monoisotopic (exact) mass is 374 g/mol. The fraction of sp³-hybridized carbons (Fsp3) is 0.526. The Kier molecular flexibility index (Phi) is 4.41. The largest absolute Gasteiger partial charge is 0.493 e. The number of ether oxygens (including phenoxy) is 2. The number of carbonyl (C=O) groups is 3. The van der Waals surface area contributed by atoms with E-state index in [-0.39, 0.29) is 18.9 Å². The molecule has 0 aliphatic carbocycles. The minimum Gasteiger partial charge on any atom is -0.493 e. The molecule has 1 aromatic rings. The van der Waals surface area contributed by atoms with Gasteiger partial charge in [-0.25, -0.2) is 4.79 Å². The molecule has 0 bridgehead atoms. The van der Waals surface area contributed by atoms with E-state index in [1.807, 2.05) is 12.1 Å². The van der Waals surface area contributed by atoms with E-state index in [1.54, 1.807) is 11.0 Å². The number of carboxylic acids is 1. The van der Waals surface area contributed by atoms with Gasteiger partial charge in [0.1, 0.15) is 11.4 Å². The molecule has 0 radical (unpaired) electrons. The second-order valence-corrected chi connectivity index (χ2v) is 7.33. The van der Waals surface area contributed by atoms with Gasteiger partial charge in [0.05, 0.1) is 19.6 Å². The zero-order valence-electron chi connectivity index (χ0n) is 15.0. The highest BCUT2D eigenvalue weighted by molar-refractivity contribution is 5.94. The summed E-state index contributed by atoms with van der Waals surface area (Å²) >= 11 is 0. The summed E-state index contributed by atoms with van der Waals surface area (Å²) in [5.74, 6) is -0.112. The summed E-state index contributed by atoms with van der Waals surface area (Å²) in [7, 11) is 0. The van der Waals surface area contributed by atoms with Crippen molar-refractivity contribution >= 4 is 18.0 Å². The van der Waals surface area contributed by atoms with Crippen molar-refractivity contribution in [2.45, 2.75) is 31.3 Å². The van der Waals surface area contributed by atoms with Crippen LogP contribution in [-0.4, -0.2) is 71.3 Å². The van der Waals surface area contributed by atoms with Gasteiger partial charge in [-0.15, -0.1) is 0 Å². The standard InChI is InChI=1S/C19H22N2O6/c22-16(23)3-7-21-12-19(27-18(21)25)5-8-20(9-6-19)17(24)14-1-2-15-13(11-14)4-10-26-15/h1-2,11H,3-10,12H2,(H,22,23). The predicted molar refractivity (Wildman–Crippen MR) is 93.8 cm³/mol. The first-order valence-electron chi connectivity index (χ1n) is 9.20. The molecule has 0 aromatic heterocycles. The van der Waals surface area contributed by atoms with Crippen LogP contribution in [0.25, 0.3) is 0 Å². The van der Waals surface area contributed by atoms with Crippen molar-refractivity contribution in [1.29, 1.82) is 0 Å². The summed E-state index contributed by atoms with van der Waals surface area (Å²) in [6.07, 6.45) is 1.37. The average Bonchev–Trinajstić information content (AvgIpc) is 3.24. The SMILES string of the molecule is O=C(O)CCN1CC2(CCN(C(=O)c3ccc4c(c3)CCO4)CC2)OC1=O. The van der Waals surface area contributed by atoms with Crippen molar-refractivity contribution in [2.24, 2.45) is 0 Å². The Morgan fingerprint density at radius 2 is 2.00 bits per heavy atom. The lowest BCUT2D eigenvalue weighted by Gasteiger charge is -2.37. The molecule has 2 amide bonds. The van der Waals surface area contributed by atoms with Gasteiger partial charge in [0, 0.05) is 44.5 Å². The fourth-order valence-corrected chi connectivity index (χ4v) is 3.98. The third kappa shape index (κ3) is 3.43. The maximum absolute atomic E-state index is 12.8. The Labute approximate surface area is 156 Å². The number of carboxylic acid groups (broad SMARTS) is 1. The van der Waals surface area contributed by atoms with Gasteiger partial charge in [0.15, 0.2) is 0 Å². The van der Waals surface area contributed by atoms with E-state index >= 15 is 0 Å². The van der Waals surface area contributed by atoms with Crippen LogP contribution in [0.1, 0.15) is 35.2 Å². The van der Waals surface area contributed by atoms with Crippen molar-refractivity contribution in [2.75, 3.05) is 32.8 Å². The van der Waals surface area contributed by atoms with Crippen LogP contribution in [0, 0.1) is 0 Å². The van der Waals surface area contributed by atoms with Gasteiger partial charge >= 0.3 is 12.1 Å². The minimum atomic E-state index is -0.941. The van der Waals surface area contributed by atoms with Gasteiger partial charge in [-0.1, -0.05) is 0 Å². The van der Waals surface area contributed by atoms with Crippen molar-refractivity contribution in [3.63, 3.8) is 0 Å². The molecule has 0 atom stereocenters. The van der Waals surface area contributed by atoms with Crippen LogP contribution in [0.3, 0.4) is 0 Å². The number of amides is 2. The highest BCUT2D eigenvalue weighted by atomic mass is 16.6. The number of likely N-dealkylation sites (tertiary alicyclic amines) is 1. The average molecular weight is 374 g/mol. The molecular formula is C19H22N2O6. The zero-order valence-corrected chi connectivity index (χ0v) is 15.0. The first-order chi connectivity index (χ1) is 13.0. The van der Waals surface area contributed by atoms with Crippen LogP contribution in [0.5, 0.6) is 5.75 Å². The summed E-state index contributed by atoms with van der Waals surface area (Å²) in [4.78, 5) is 38.8. The van der Waals surface area contributed by atoms with E-state index in [0.717, 1.165) is 17.7 Å². The maximum Gasteiger partial charge on any atom is 0.410 e. The van der Waals surface area contributed by atoms with Crippen LogP contribution in [0.2, 0.25) is 0 Å². The number of aliphatic carboxylic acids is 1. The number of hydrogen-bond acceptors (Lipinski definition) is 5. The van der Waals surface area contributed by atoms with Crippen LogP contribution < -0.4 is 4.74 Å². The summed E-state index contributed by atoms with van der Waals surface area (Å²) in [5, 5.41) is 8.79. The van der Waals surface area contributed by atoms with Gasteiger partial charge < -0.3 is 24.4 Å². The van der Waals surface area contributed by atoms with E-state index in [9.17, 15) is 14.4 Å². The number of fused-ring (bicyclic) bond motifs is 1. The molecule has 4 rings (SSSR count).